The predicted octanol–water partition coefficient (Wildman–Crippen LogP) is 9.21. The number of ether oxygens (including phenoxy) is 2. The van der Waals surface area contributed by atoms with E-state index in [4.69, 9.17) is 9.47 Å². The zero-order valence-electron chi connectivity index (χ0n) is 19.4. The van der Waals surface area contributed by atoms with E-state index in [9.17, 15) is 0 Å². The molecule has 0 aliphatic rings. The van der Waals surface area contributed by atoms with Crippen molar-refractivity contribution >= 4 is 15.9 Å². The Hall–Kier alpha value is -1.48. The highest BCUT2D eigenvalue weighted by molar-refractivity contribution is 9.09. The largest absolute Gasteiger partial charge is 0.494 e. The Bertz CT molecular complexity index is 666. The first-order chi connectivity index (χ1) is 15.3. The van der Waals surface area contributed by atoms with E-state index < -0.39 is 0 Å². The molecule has 31 heavy (non-hydrogen) atoms. The lowest BCUT2D eigenvalue weighted by Crippen LogP contribution is -1.97. The summed E-state index contributed by atoms with van der Waals surface area (Å²) in [6, 6.07) is 16.9. The van der Waals surface area contributed by atoms with Crippen molar-refractivity contribution in [1.29, 1.82) is 0 Å². The first-order valence-corrected chi connectivity index (χ1v) is 13.5. The van der Waals surface area contributed by atoms with Crippen LogP contribution in [0.1, 0.15) is 84.0 Å². The van der Waals surface area contributed by atoms with Crippen molar-refractivity contribution in [2.75, 3.05) is 18.5 Å². The number of rotatable bonds is 18. The van der Waals surface area contributed by atoms with Gasteiger partial charge in [0.1, 0.15) is 11.5 Å². The molecule has 0 aromatic heterocycles. The van der Waals surface area contributed by atoms with Crippen LogP contribution < -0.4 is 9.47 Å². The van der Waals surface area contributed by atoms with Gasteiger partial charge < -0.3 is 9.47 Å². The van der Waals surface area contributed by atoms with Gasteiger partial charge in [-0.15, -0.1) is 0 Å². The van der Waals surface area contributed by atoms with Crippen molar-refractivity contribution in [1.82, 2.24) is 0 Å². The van der Waals surface area contributed by atoms with Crippen LogP contribution in [0.5, 0.6) is 11.5 Å². The molecule has 0 N–H and O–H groups in total. The summed E-state index contributed by atoms with van der Waals surface area (Å²) in [6.45, 7) is 3.85. The second-order valence-corrected chi connectivity index (χ2v) is 9.12. The summed E-state index contributed by atoms with van der Waals surface area (Å²) in [5, 5.41) is 1.14. The molecule has 0 radical (unpaired) electrons. The zero-order chi connectivity index (χ0) is 22.0. The minimum atomic E-state index is 0.808. The molecule has 0 atom stereocenters. The molecule has 172 valence electrons. The van der Waals surface area contributed by atoms with Gasteiger partial charge in [-0.05, 0) is 54.7 Å². The van der Waals surface area contributed by atoms with E-state index in [0.717, 1.165) is 42.9 Å². The zero-order valence-corrected chi connectivity index (χ0v) is 21.0. The smallest absolute Gasteiger partial charge is 0.119 e. The highest BCUT2D eigenvalue weighted by Gasteiger charge is 2.01. The summed E-state index contributed by atoms with van der Waals surface area (Å²) in [7, 11) is 0. The molecule has 0 unspecified atom stereocenters. The van der Waals surface area contributed by atoms with Gasteiger partial charge in [-0.25, -0.2) is 0 Å². The lowest BCUT2D eigenvalue weighted by molar-refractivity contribution is 0.304. The lowest BCUT2D eigenvalue weighted by atomic mass is 10.1. The summed E-state index contributed by atoms with van der Waals surface area (Å²) in [4.78, 5) is 0. The Balaban J connectivity index is 1.60. The van der Waals surface area contributed by atoms with Gasteiger partial charge in [0.2, 0.25) is 0 Å². The maximum atomic E-state index is 5.92. The van der Waals surface area contributed by atoms with E-state index in [1.165, 1.54) is 75.3 Å². The topological polar surface area (TPSA) is 18.5 Å². The average Bonchev–Trinajstić information content (AvgIpc) is 2.81. The number of halogens is 1. The van der Waals surface area contributed by atoms with E-state index in [1.54, 1.807) is 0 Å². The lowest BCUT2D eigenvalue weighted by Gasteiger charge is -2.09. The molecule has 0 fully saturated rings. The van der Waals surface area contributed by atoms with Gasteiger partial charge in [0, 0.05) is 5.33 Å². The van der Waals surface area contributed by atoms with Gasteiger partial charge in [-0.1, -0.05) is 105 Å². The first-order valence-electron chi connectivity index (χ1n) is 12.4. The molecule has 0 amide bonds. The second kappa shape index (κ2) is 17.1. The Morgan fingerprint density at radius 2 is 0.903 bits per heavy atom. The highest BCUT2D eigenvalue weighted by Crippen LogP contribution is 2.25. The van der Waals surface area contributed by atoms with Crippen LogP contribution in [-0.4, -0.2) is 18.5 Å². The minimum Gasteiger partial charge on any atom is -0.494 e. The molecule has 2 aromatic rings. The second-order valence-electron chi connectivity index (χ2n) is 8.32. The van der Waals surface area contributed by atoms with Crippen molar-refractivity contribution in [3.63, 3.8) is 0 Å². The number of unbranched alkanes of at least 4 members (excludes halogenated alkanes) is 10. The molecule has 2 nitrogen and oxygen atoms in total. The van der Waals surface area contributed by atoms with Crippen LogP contribution in [0.4, 0.5) is 0 Å². The van der Waals surface area contributed by atoms with Crippen LogP contribution in [0.2, 0.25) is 0 Å². The van der Waals surface area contributed by atoms with Gasteiger partial charge >= 0.3 is 0 Å². The molecule has 2 rings (SSSR count). The molecule has 0 saturated carbocycles. The van der Waals surface area contributed by atoms with Crippen LogP contribution in [0.15, 0.2) is 48.5 Å². The minimum absolute atomic E-state index is 0.808. The summed E-state index contributed by atoms with van der Waals surface area (Å²) in [5.41, 5.74) is 2.42. The van der Waals surface area contributed by atoms with Crippen LogP contribution in [0.3, 0.4) is 0 Å². The third kappa shape index (κ3) is 11.6. The molecular formula is C28H41BrO2. The Morgan fingerprint density at radius 3 is 1.32 bits per heavy atom. The maximum absolute atomic E-state index is 5.92. The standard InChI is InChI=1S/C28H41BrO2/c1-2-3-4-12-23-30-27-18-14-25(15-19-27)26-16-20-28(21-17-26)31-24-13-10-8-6-5-7-9-11-22-29/h14-21H,2-13,22-24H2,1H3. The molecule has 0 bridgehead atoms. The number of hydrogen-bond acceptors (Lipinski definition) is 2. The van der Waals surface area contributed by atoms with E-state index in [1.807, 2.05) is 0 Å². The van der Waals surface area contributed by atoms with Crippen LogP contribution in [0, 0.1) is 0 Å². The van der Waals surface area contributed by atoms with Gasteiger partial charge in [0.05, 0.1) is 13.2 Å². The monoisotopic (exact) mass is 488 g/mol. The van der Waals surface area contributed by atoms with E-state index in [0.29, 0.717) is 0 Å². The fourth-order valence-electron chi connectivity index (χ4n) is 3.65. The third-order valence-corrected chi connectivity index (χ3v) is 6.17. The van der Waals surface area contributed by atoms with Crippen molar-refractivity contribution in [3.8, 4) is 22.6 Å². The van der Waals surface area contributed by atoms with Crippen LogP contribution in [-0.2, 0) is 0 Å². The highest BCUT2D eigenvalue weighted by atomic mass is 79.9. The molecule has 0 spiro atoms. The van der Waals surface area contributed by atoms with Gasteiger partial charge in [-0.2, -0.15) is 0 Å². The summed E-state index contributed by atoms with van der Waals surface area (Å²) < 4.78 is 11.8. The van der Waals surface area contributed by atoms with Crippen molar-refractivity contribution in [2.45, 2.75) is 84.0 Å². The fourth-order valence-corrected chi connectivity index (χ4v) is 4.05. The predicted molar refractivity (Wildman–Crippen MR) is 138 cm³/mol. The van der Waals surface area contributed by atoms with Gasteiger partial charge in [0.15, 0.2) is 0 Å². The number of benzene rings is 2. The first kappa shape index (κ1) is 25.8. The molecule has 0 aliphatic carbocycles. The van der Waals surface area contributed by atoms with Gasteiger partial charge in [0.25, 0.3) is 0 Å². The molecule has 0 aliphatic heterocycles. The summed E-state index contributed by atoms with van der Waals surface area (Å²) in [5.74, 6) is 1.92. The number of hydrogen-bond donors (Lipinski definition) is 0. The fraction of sp³-hybridized carbons (Fsp3) is 0.571. The van der Waals surface area contributed by atoms with Crippen LogP contribution >= 0.6 is 15.9 Å². The molecule has 0 saturated heterocycles. The van der Waals surface area contributed by atoms with E-state index in [2.05, 4.69) is 71.4 Å². The Labute approximate surface area is 198 Å². The van der Waals surface area contributed by atoms with Crippen molar-refractivity contribution < 1.29 is 9.47 Å². The SMILES string of the molecule is CCCCCCOc1ccc(-c2ccc(OCCCCCCCCCCBr)cc2)cc1. The van der Waals surface area contributed by atoms with Crippen molar-refractivity contribution in [3.05, 3.63) is 48.5 Å². The van der Waals surface area contributed by atoms with Crippen molar-refractivity contribution in [2.24, 2.45) is 0 Å². The molecular weight excluding hydrogens is 448 g/mol. The summed E-state index contributed by atoms with van der Waals surface area (Å²) >= 11 is 3.49. The molecule has 3 heteroatoms. The third-order valence-electron chi connectivity index (χ3n) is 5.61. The normalized spacial score (nSPS) is 10.9. The molecule has 2 aromatic carbocycles. The van der Waals surface area contributed by atoms with Gasteiger partial charge in [-0.3, -0.25) is 0 Å². The number of alkyl halides is 1. The van der Waals surface area contributed by atoms with E-state index in [-0.39, 0.29) is 0 Å². The average molecular weight is 490 g/mol. The van der Waals surface area contributed by atoms with Crippen LogP contribution in [0.25, 0.3) is 11.1 Å². The Kier molecular flexibility index (Phi) is 14.2. The maximum Gasteiger partial charge on any atom is 0.119 e. The van der Waals surface area contributed by atoms with E-state index >= 15 is 0 Å². The molecule has 0 heterocycles. The quantitative estimate of drug-likeness (QED) is 0.153. The Morgan fingerprint density at radius 1 is 0.516 bits per heavy atom. The summed E-state index contributed by atoms with van der Waals surface area (Å²) in [6.07, 6.45) is 15.5.